The minimum atomic E-state index is -4.66. The van der Waals surface area contributed by atoms with Crippen molar-refractivity contribution >= 4 is 50.7 Å². The van der Waals surface area contributed by atoms with Crippen LogP contribution in [0, 0.1) is 0 Å². The molecule has 0 aliphatic heterocycles. The van der Waals surface area contributed by atoms with Crippen molar-refractivity contribution in [1.29, 1.82) is 0 Å². The van der Waals surface area contributed by atoms with Crippen molar-refractivity contribution in [3.05, 3.63) is 99.5 Å². The molecule has 0 aliphatic carbocycles. The summed E-state index contributed by atoms with van der Waals surface area (Å²) in [5, 5.41) is 3.18. The number of nitrogens with zero attached hydrogens (tertiary/aromatic N) is 2. The fraction of sp³-hybridized carbons (Fsp3) is 0.310. The predicted molar refractivity (Wildman–Crippen MR) is 158 cm³/mol. The summed E-state index contributed by atoms with van der Waals surface area (Å²) < 4.78 is 65.7. The van der Waals surface area contributed by atoms with Gasteiger partial charge in [-0.2, -0.15) is 13.2 Å². The fourth-order valence-corrected chi connectivity index (χ4v) is 5.89. The molecule has 1 atom stereocenters. The smallest absolute Gasteiger partial charge is 0.357 e. The number of nitrogens with one attached hydrogen (secondary N) is 1. The van der Waals surface area contributed by atoms with Crippen molar-refractivity contribution in [1.82, 2.24) is 10.2 Å². The molecule has 0 aliphatic rings. The second kappa shape index (κ2) is 14.3. The lowest BCUT2D eigenvalue weighted by Gasteiger charge is -2.32. The molecule has 3 aromatic rings. The monoisotopic (exact) mass is 643 g/mol. The van der Waals surface area contributed by atoms with Gasteiger partial charge in [0.25, 0.3) is 0 Å². The van der Waals surface area contributed by atoms with Crippen LogP contribution in [0.15, 0.2) is 72.8 Å². The molecule has 0 aromatic heterocycles. The highest BCUT2D eigenvalue weighted by Crippen LogP contribution is 2.32. The first-order chi connectivity index (χ1) is 19.7. The molecule has 226 valence electrons. The minimum absolute atomic E-state index is 0.0410. The maximum absolute atomic E-state index is 13.7. The summed E-state index contributed by atoms with van der Waals surface area (Å²) >= 11 is 12.8. The first kappa shape index (κ1) is 33.2. The highest BCUT2D eigenvalue weighted by atomic mass is 35.5. The van der Waals surface area contributed by atoms with Gasteiger partial charge in [0.15, 0.2) is 0 Å². The molecule has 42 heavy (non-hydrogen) atoms. The molecule has 0 saturated heterocycles. The van der Waals surface area contributed by atoms with Crippen molar-refractivity contribution in [2.45, 2.75) is 38.0 Å². The Morgan fingerprint density at radius 2 is 1.57 bits per heavy atom. The SMILES string of the molecule is CNC(=O)[C@H](Cc1ccccc1)N(Cc1c(Cl)cccc1Cl)C(=O)CCCN(c1cccc(C(F)(F)F)c1)S(C)(=O)=O. The summed E-state index contributed by atoms with van der Waals surface area (Å²) in [6.07, 6.45) is -3.87. The van der Waals surface area contributed by atoms with Crippen molar-refractivity contribution in [3.8, 4) is 0 Å². The van der Waals surface area contributed by atoms with E-state index in [1.807, 2.05) is 18.2 Å². The average Bonchev–Trinajstić information content (AvgIpc) is 2.93. The number of halogens is 5. The number of carbonyl (C=O) groups is 2. The third kappa shape index (κ3) is 8.86. The van der Waals surface area contributed by atoms with E-state index in [9.17, 15) is 31.2 Å². The van der Waals surface area contributed by atoms with Gasteiger partial charge in [0.1, 0.15) is 6.04 Å². The molecule has 0 fully saturated rings. The molecule has 7 nitrogen and oxygen atoms in total. The van der Waals surface area contributed by atoms with E-state index in [-0.39, 0.29) is 38.0 Å². The average molecular weight is 645 g/mol. The number of benzene rings is 3. The van der Waals surface area contributed by atoms with Crippen LogP contribution in [0.3, 0.4) is 0 Å². The first-order valence-electron chi connectivity index (χ1n) is 12.8. The van der Waals surface area contributed by atoms with Crippen LogP contribution in [0.2, 0.25) is 10.0 Å². The Morgan fingerprint density at radius 1 is 0.952 bits per heavy atom. The van der Waals surface area contributed by atoms with Gasteiger partial charge in [-0.1, -0.05) is 65.7 Å². The molecule has 13 heteroatoms. The van der Waals surface area contributed by atoms with Crippen LogP contribution in [0.1, 0.15) is 29.5 Å². The standard InChI is InChI=1S/C29H30Cl2F3N3O4S/c1-35-28(39)26(17-20-9-4-3-5-10-20)36(19-23-24(30)13-7-14-25(23)31)27(38)15-8-16-37(42(2,40)41)22-12-6-11-21(18-22)29(32,33)34/h3-7,9-14,18,26H,8,15-17,19H2,1-2H3,(H,35,39)/t26-/m0/s1. The summed E-state index contributed by atoms with van der Waals surface area (Å²) in [6, 6.07) is 16.9. The Bertz CT molecular complexity index is 1490. The quantitative estimate of drug-likeness (QED) is 0.264. The van der Waals surface area contributed by atoms with Gasteiger partial charge in [0, 0.05) is 48.6 Å². The highest BCUT2D eigenvalue weighted by molar-refractivity contribution is 7.92. The van der Waals surface area contributed by atoms with Crippen molar-refractivity contribution in [2.24, 2.45) is 0 Å². The van der Waals surface area contributed by atoms with E-state index in [2.05, 4.69) is 5.32 Å². The van der Waals surface area contributed by atoms with Crippen LogP contribution in [0.5, 0.6) is 0 Å². The zero-order valence-corrected chi connectivity index (χ0v) is 25.2. The normalized spacial score (nSPS) is 12.5. The van der Waals surface area contributed by atoms with E-state index in [1.165, 1.54) is 18.0 Å². The van der Waals surface area contributed by atoms with Crippen LogP contribution in [-0.2, 0) is 38.8 Å². The van der Waals surface area contributed by atoms with E-state index < -0.39 is 39.6 Å². The molecule has 0 spiro atoms. The number of hydrogen-bond donors (Lipinski definition) is 1. The van der Waals surface area contributed by atoms with Crippen molar-refractivity contribution in [2.75, 3.05) is 24.2 Å². The van der Waals surface area contributed by atoms with E-state index in [4.69, 9.17) is 23.2 Å². The fourth-order valence-electron chi connectivity index (χ4n) is 4.42. The number of rotatable bonds is 12. The van der Waals surface area contributed by atoms with Crippen LogP contribution in [0.25, 0.3) is 0 Å². The number of hydrogen-bond acceptors (Lipinski definition) is 4. The van der Waals surface area contributed by atoms with Gasteiger partial charge in [0.05, 0.1) is 17.5 Å². The van der Waals surface area contributed by atoms with Gasteiger partial charge in [-0.05, 0) is 42.3 Å². The van der Waals surface area contributed by atoms with Crippen molar-refractivity contribution in [3.63, 3.8) is 0 Å². The number of amides is 2. The van der Waals surface area contributed by atoms with Crippen LogP contribution < -0.4 is 9.62 Å². The lowest BCUT2D eigenvalue weighted by molar-refractivity contribution is -0.141. The topological polar surface area (TPSA) is 86.8 Å². The summed E-state index contributed by atoms with van der Waals surface area (Å²) in [6.45, 7) is -0.373. The lowest BCUT2D eigenvalue weighted by atomic mass is 10.0. The van der Waals surface area contributed by atoms with Gasteiger partial charge in [-0.25, -0.2) is 8.42 Å². The van der Waals surface area contributed by atoms with Crippen LogP contribution in [0.4, 0.5) is 18.9 Å². The predicted octanol–water partition coefficient (Wildman–Crippen LogP) is 5.94. The van der Waals surface area contributed by atoms with E-state index in [1.54, 1.807) is 30.3 Å². The largest absolute Gasteiger partial charge is 0.416 e. The second-order valence-electron chi connectivity index (χ2n) is 9.53. The maximum Gasteiger partial charge on any atom is 0.416 e. The summed E-state index contributed by atoms with van der Waals surface area (Å²) in [5.74, 6) is -0.926. The third-order valence-electron chi connectivity index (χ3n) is 6.52. The minimum Gasteiger partial charge on any atom is -0.357 e. The number of sulfonamides is 1. The lowest BCUT2D eigenvalue weighted by Crippen LogP contribution is -2.50. The summed E-state index contributed by atoms with van der Waals surface area (Å²) in [7, 11) is -2.54. The Kier molecular flexibility index (Phi) is 11.3. The zero-order chi connectivity index (χ0) is 31.1. The van der Waals surface area contributed by atoms with Gasteiger partial charge in [0.2, 0.25) is 21.8 Å². The Labute approximate surface area is 253 Å². The molecule has 0 heterocycles. The van der Waals surface area contributed by atoms with Gasteiger partial charge < -0.3 is 10.2 Å². The summed E-state index contributed by atoms with van der Waals surface area (Å²) in [5.41, 5.74) is 0.0495. The van der Waals surface area contributed by atoms with Gasteiger partial charge >= 0.3 is 6.18 Å². The first-order valence-corrected chi connectivity index (χ1v) is 15.5. The molecular weight excluding hydrogens is 614 g/mol. The maximum atomic E-state index is 13.7. The molecule has 0 saturated carbocycles. The Balaban J connectivity index is 1.90. The second-order valence-corrected chi connectivity index (χ2v) is 12.2. The Morgan fingerprint density at radius 3 is 2.14 bits per heavy atom. The van der Waals surface area contributed by atoms with E-state index in [0.717, 1.165) is 34.3 Å². The third-order valence-corrected chi connectivity index (χ3v) is 8.42. The van der Waals surface area contributed by atoms with Crippen molar-refractivity contribution < 1.29 is 31.2 Å². The molecule has 0 unspecified atom stereocenters. The number of carbonyl (C=O) groups excluding carboxylic acids is 2. The molecule has 0 radical (unpaired) electrons. The molecule has 3 rings (SSSR count). The van der Waals surface area contributed by atoms with Gasteiger partial charge in [-0.3, -0.25) is 13.9 Å². The molecule has 1 N–H and O–H groups in total. The van der Waals surface area contributed by atoms with E-state index in [0.29, 0.717) is 15.6 Å². The zero-order valence-electron chi connectivity index (χ0n) is 22.9. The summed E-state index contributed by atoms with van der Waals surface area (Å²) in [4.78, 5) is 28.1. The van der Waals surface area contributed by atoms with Gasteiger partial charge in [-0.15, -0.1) is 0 Å². The highest BCUT2D eigenvalue weighted by Gasteiger charge is 2.33. The number of likely N-dealkylation sites (N-methyl/N-ethyl adjacent to an activating group) is 1. The molecule has 2 amide bonds. The number of alkyl halides is 3. The Hall–Kier alpha value is -3.28. The molecule has 3 aromatic carbocycles. The van der Waals surface area contributed by atoms with E-state index >= 15 is 0 Å². The van der Waals surface area contributed by atoms with Crippen LogP contribution in [-0.4, -0.2) is 51.0 Å². The molecule has 0 bridgehead atoms. The molecular formula is C29H30Cl2F3N3O4S. The van der Waals surface area contributed by atoms with Crippen LogP contribution >= 0.6 is 23.2 Å². The number of anilines is 1.